The summed E-state index contributed by atoms with van der Waals surface area (Å²) in [5.41, 5.74) is 0.00434. The van der Waals surface area contributed by atoms with E-state index in [1.54, 1.807) is 24.3 Å². The van der Waals surface area contributed by atoms with E-state index in [9.17, 15) is 27.6 Å². The number of cyclic esters (lactones) is 1. The summed E-state index contributed by atoms with van der Waals surface area (Å²) in [5.74, 6) is -1.38. The number of alkyl halides is 3. The van der Waals surface area contributed by atoms with Crippen molar-refractivity contribution >= 4 is 35.2 Å². The fourth-order valence-electron chi connectivity index (χ4n) is 3.50. The molecule has 166 valence electrons. The van der Waals surface area contributed by atoms with Crippen LogP contribution >= 0.6 is 11.6 Å². The van der Waals surface area contributed by atoms with E-state index in [0.29, 0.717) is 10.6 Å². The number of carbonyl (C=O) groups excluding carboxylic acids is 3. The second-order valence-electron chi connectivity index (χ2n) is 7.08. The first-order chi connectivity index (χ1) is 15.1. The van der Waals surface area contributed by atoms with E-state index in [0.717, 1.165) is 23.1 Å². The van der Waals surface area contributed by atoms with E-state index >= 15 is 0 Å². The molecule has 0 aliphatic carbocycles. The number of benzene rings is 2. The molecule has 0 spiro atoms. The lowest BCUT2D eigenvalue weighted by atomic mass is 9.96. The quantitative estimate of drug-likeness (QED) is 0.671. The van der Waals surface area contributed by atoms with Gasteiger partial charge in [-0.15, -0.1) is 0 Å². The molecule has 0 fully saturated rings. The van der Waals surface area contributed by atoms with Crippen LogP contribution < -0.4 is 10.6 Å². The molecule has 2 aromatic carbocycles. The fourth-order valence-corrected chi connectivity index (χ4v) is 3.63. The van der Waals surface area contributed by atoms with Crippen molar-refractivity contribution in [3.05, 3.63) is 76.0 Å². The summed E-state index contributed by atoms with van der Waals surface area (Å²) < 4.78 is 43.7. The maximum atomic E-state index is 12.9. The predicted molar refractivity (Wildman–Crippen MR) is 107 cm³/mol. The van der Waals surface area contributed by atoms with Crippen LogP contribution in [0.3, 0.4) is 0 Å². The predicted octanol–water partition coefficient (Wildman–Crippen LogP) is 3.87. The van der Waals surface area contributed by atoms with Gasteiger partial charge >= 0.3 is 18.2 Å². The summed E-state index contributed by atoms with van der Waals surface area (Å²) in [5, 5.41) is 5.48. The Hall–Kier alpha value is -3.53. The van der Waals surface area contributed by atoms with Gasteiger partial charge in [-0.25, -0.2) is 9.59 Å². The first-order valence-corrected chi connectivity index (χ1v) is 9.72. The zero-order valence-electron chi connectivity index (χ0n) is 16.2. The standard InChI is InChI=1S/C21H15ClF3N3O4/c22-13-6-4-11(5-7-13)18-17-15(10-32-19(17)30)28(20(31)27-18)9-16(29)26-14-3-1-2-12(8-14)21(23,24)25/h1-8,18H,9-10H2,(H,26,29)(H,27,31)/t18-/m1/s1. The molecule has 0 unspecified atom stereocenters. The third kappa shape index (κ3) is 4.26. The molecule has 7 nitrogen and oxygen atoms in total. The summed E-state index contributed by atoms with van der Waals surface area (Å²) in [6, 6.07) is 9.21. The topological polar surface area (TPSA) is 87.7 Å². The lowest BCUT2D eigenvalue weighted by Crippen LogP contribution is -2.49. The summed E-state index contributed by atoms with van der Waals surface area (Å²) in [4.78, 5) is 38.6. The van der Waals surface area contributed by atoms with Gasteiger partial charge in [0.05, 0.1) is 22.9 Å². The minimum absolute atomic E-state index is 0.0748. The van der Waals surface area contributed by atoms with Crippen molar-refractivity contribution in [2.24, 2.45) is 0 Å². The maximum absolute atomic E-state index is 12.9. The van der Waals surface area contributed by atoms with Gasteiger partial charge in [-0.1, -0.05) is 29.8 Å². The first kappa shape index (κ1) is 21.7. The van der Waals surface area contributed by atoms with Crippen LogP contribution in [0.5, 0.6) is 0 Å². The van der Waals surface area contributed by atoms with E-state index in [4.69, 9.17) is 16.3 Å². The van der Waals surface area contributed by atoms with Crippen LogP contribution in [0.25, 0.3) is 0 Å². The molecule has 2 aliphatic rings. The SMILES string of the molecule is O=C(CN1C(=O)N[C@H](c2ccc(Cl)cc2)C2=C1COC2=O)Nc1cccc(C(F)(F)F)c1. The summed E-state index contributed by atoms with van der Waals surface area (Å²) in [6.07, 6.45) is -4.56. The third-order valence-corrected chi connectivity index (χ3v) is 5.23. The van der Waals surface area contributed by atoms with Crippen molar-refractivity contribution < 1.29 is 32.3 Å². The smallest absolute Gasteiger partial charge is 0.416 e. The van der Waals surface area contributed by atoms with Gasteiger partial charge in [-0.05, 0) is 35.9 Å². The highest BCUT2D eigenvalue weighted by atomic mass is 35.5. The lowest BCUT2D eigenvalue weighted by Gasteiger charge is -2.32. The molecule has 2 aromatic rings. The minimum atomic E-state index is -4.56. The van der Waals surface area contributed by atoms with E-state index in [2.05, 4.69) is 10.6 Å². The van der Waals surface area contributed by atoms with Crippen LogP contribution in [0.4, 0.5) is 23.7 Å². The number of hydrogen-bond acceptors (Lipinski definition) is 4. The second-order valence-corrected chi connectivity index (χ2v) is 7.52. The molecule has 0 saturated carbocycles. The van der Waals surface area contributed by atoms with Gasteiger partial charge in [0.25, 0.3) is 0 Å². The highest BCUT2D eigenvalue weighted by molar-refractivity contribution is 6.30. The number of rotatable bonds is 4. The van der Waals surface area contributed by atoms with E-state index < -0.39 is 42.2 Å². The minimum Gasteiger partial charge on any atom is -0.456 e. The largest absolute Gasteiger partial charge is 0.456 e. The molecular formula is C21H15ClF3N3O4. The van der Waals surface area contributed by atoms with Gasteiger partial charge in [0, 0.05) is 10.7 Å². The summed E-state index contributed by atoms with van der Waals surface area (Å²) in [7, 11) is 0. The zero-order chi connectivity index (χ0) is 23.0. The van der Waals surface area contributed by atoms with Crippen LogP contribution in [0.1, 0.15) is 17.2 Å². The van der Waals surface area contributed by atoms with Crippen LogP contribution in [-0.2, 0) is 20.5 Å². The first-order valence-electron chi connectivity index (χ1n) is 9.34. The Morgan fingerprint density at radius 3 is 2.59 bits per heavy atom. The summed E-state index contributed by atoms with van der Waals surface area (Å²) >= 11 is 5.89. The number of amides is 3. The monoisotopic (exact) mass is 465 g/mol. The van der Waals surface area contributed by atoms with Crippen molar-refractivity contribution in [1.82, 2.24) is 10.2 Å². The van der Waals surface area contributed by atoms with Crippen molar-refractivity contribution in [1.29, 1.82) is 0 Å². The van der Waals surface area contributed by atoms with Gasteiger partial charge in [-0.2, -0.15) is 13.2 Å². The van der Waals surface area contributed by atoms with Gasteiger partial charge in [0.2, 0.25) is 5.91 Å². The maximum Gasteiger partial charge on any atom is 0.416 e. The van der Waals surface area contributed by atoms with Crippen molar-refractivity contribution in [3.8, 4) is 0 Å². The van der Waals surface area contributed by atoms with E-state index in [1.165, 1.54) is 6.07 Å². The van der Waals surface area contributed by atoms with Crippen LogP contribution in [0.2, 0.25) is 5.02 Å². The third-order valence-electron chi connectivity index (χ3n) is 4.98. The Morgan fingerprint density at radius 2 is 1.91 bits per heavy atom. The highest BCUT2D eigenvalue weighted by Crippen LogP contribution is 2.35. The molecule has 0 bridgehead atoms. The van der Waals surface area contributed by atoms with Crippen LogP contribution in [-0.4, -0.2) is 36.0 Å². The Balaban J connectivity index is 1.56. The zero-order valence-corrected chi connectivity index (χ0v) is 17.0. The Bertz CT molecular complexity index is 1130. The number of nitrogens with one attached hydrogen (secondary N) is 2. The number of urea groups is 1. The van der Waals surface area contributed by atoms with Crippen LogP contribution in [0, 0.1) is 0 Å². The molecule has 4 rings (SSSR count). The molecular weight excluding hydrogens is 451 g/mol. The Kier molecular flexibility index (Phi) is 5.55. The molecule has 0 saturated heterocycles. The molecule has 0 radical (unpaired) electrons. The number of ether oxygens (including phenoxy) is 1. The highest BCUT2D eigenvalue weighted by Gasteiger charge is 2.42. The number of nitrogens with zero attached hydrogens (tertiary/aromatic N) is 1. The molecule has 2 N–H and O–H groups in total. The number of anilines is 1. The Labute approximate surface area is 184 Å². The van der Waals surface area contributed by atoms with Gasteiger partial charge in [0.15, 0.2) is 0 Å². The van der Waals surface area contributed by atoms with Gasteiger partial charge in [0.1, 0.15) is 13.2 Å². The normalized spacial score (nSPS) is 18.2. The van der Waals surface area contributed by atoms with Crippen molar-refractivity contribution in [2.45, 2.75) is 12.2 Å². The molecule has 32 heavy (non-hydrogen) atoms. The number of hydrogen-bond donors (Lipinski definition) is 2. The molecule has 3 amide bonds. The molecule has 2 aliphatic heterocycles. The van der Waals surface area contributed by atoms with Gasteiger partial charge < -0.3 is 15.4 Å². The lowest BCUT2D eigenvalue weighted by molar-refractivity contribution is -0.138. The second kappa shape index (κ2) is 8.19. The van der Waals surface area contributed by atoms with E-state index in [1.807, 2.05) is 0 Å². The Morgan fingerprint density at radius 1 is 1.19 bits per heavy atom. The molecule has 2 heterocycles. The molecule has 0 aromatic heterocycles. The molecule has 1 atom stereocenters. The fraction of sp³-hybridized carbons (Fsp3) is 0.190. The van der Waals surface area contributed by atoms with Crippen molar-refractivity contribution in [2.75, 3.05) is 18.5 Å². The van der Waals surface area contributed by atoms with E-state index in [-0.39, 0.29) is 23.6 Å². The number of esters is 1. The number of carbonyl (C=O) groups is 3. The van der Waals surface area contributed by atoms with Crippen LogP contribution in [0.15, 0.2) is 59.8 Å². The average molecular weight is 466 g/mol. The average Bonchev–Trinajstić information content (AvgIpc) is 3.12. The molecule has 11 heteroatoms. The van der Waals surface area contributed by atoms with Crippen molar-refractivity contribution in [3.63, 3.8) is 0 Å². The summed E-state index contributed by atoms with van der Waals surface area (Å²) in [6.45, 7) is -0.729. The van der Waals surface area contributed by atoms with Gasteiger partial charge in [-0.3, -0.25) is 9.69 Å². The number of halogens is 4.